The lowest BCUT2D eigenvalue weighted by atomic mass is 9.91. The van der Waals surface area contributed by atoms with Gasteiger partial charge < -0.3 is 9.30 Å². The van der Waals surface area contributed by atoms with Gasteiger partial charge in [-0.1, -0.05) is 6.92 Å². The second-order valence-corrected chi connectivity index (χ2v) is 4.81. The van der Waals surface area contributed by atoms with E-state index >= 15 is 0 Å². The first-order chi connectivity index (χ1) is 8.17. The van der Waals surface area contributed by atoms with Crippen molar-refractivity contribution in [3.63, 3.8) is 0 Å². The molecule has 1 aromatic heterocycles. The Morgan fingerprint density at radius 1 is 1.59 bits per heavy atom. The number of rotatable bonds is 4. The predicted molar refractivity (Wildman–Crippen MR) is 65.1 cm³/mol. The van der Waals surface area contributed by atoms with Crippen LogP contribution in [-0.4, -0.2) is 27.5 Å². The van der Waals surface area contributed by atoms with E-state index in [-0.39, 0.29) is 5.78 Å². The zero-order valence-electron chi connectivity index (χ0n) is 10.6. The monoisotopic (exact) mass is 236 g/mol. The second kappa shape index (κ2) is 5.00. The minimum absolute atomic E-state index is 0.0238. The average Bonchev–Trinajstić information content (AvgIpc) is 2.78. The summed E-state index contributed by atoms with van der Waals surface area (Å²) < 4.78 is 7.60. The highest BCUT2D eigenvalue weighted by molar-refractivity contribution is 5.99. The van der Waals surface area contributed by atoms with Gasteiger partial charge in [0.25, 0.3) is 0 Å². The number of ketones is 1. The third kappa shape index (κ3) is 2.41. The van der Waals surface area contributed by atoms with Crippen LogP contribution in [0.1, 0.15) is 50.1 Å². The summed E-state index contributed by atoms with van der Waals surface area (Å²) in [6.07, 6.45) is 7.44. The molecule has 1 fully saturated rings. The van der Waals surface area contributed by atoms with E-state index in [0.29, 0.717) is 12.4 Å². The van der Waals surface area contributed by atoms with Crippen LogP contribution in [0.2, 0.25) is 0 Å². The normalized spacial score (nSPS) is 24.8. The Kier molecular flexibility index (Phi) is 3.62. The van der Waals surface area contributed by atoms with Gasteiger partial charge in [-0.05, 0) is 32.6 Å². The molecule has 1 aliphatic heterocycles. The van der Waals surface area contributed by atoms with Gasteiger partial charge in [0.15, 0.2) is 5.82 Å². The number of carbonyl (C=O) groups is 1. The van der Waals surface area contributed by atoms with Crippen LogP contribution in [0.4, 0.5) is 0 Å². The molecule has 1 aromatic rings. The van der Waals surface area contributed by atoms with Gasteiger partial charge in [0.2, 0.25) is 5.78 Å². The predicted octanol–water partition coefficient (Wildman–Crippen LogP) is 2.44. The van der Waals surface area contributed by atoms with Gasteiger partial charge in [-0.25, -0.2) is 4.98 Å². The largest absolute Gasteiger partial charge is 0.367 e. The number of hydrogen-bond acceptors (Lipinski definition) is 3. The van der Waals surface area contributed by atoms with Crippen LogP contribution >= 0.6 is 0 Å². The Hall–Kier alpha value is -1.16. The van der Waals surface area contributed by atoms with Crippen LogP contribution in [0.15, 0.2) is 12.4 Å². The molecule has 4 nitrogen and oxygen atoms in total. The van der Waals surface area contributed by atoms with Crippen LogP contribution in [-0.2, 0) is 11.3 Å². The maximum atomic E-state index is 12.5. The Bertz CT molecular complexity index is 392. The molecule has 0 N–H and O–H groups in total. The van der Waals surface area contributed by atoms with E-state index in [4.69, 9.17) is 4.74 Å². The van der Waals surface area contributed by atoms with Gasteiger partial charge in [-0.2, -0.15) is 0 Å². The Morgan fingerprint density at radius 2 is 2.41 bits per heavy atom. The van der Waals surface area contributed by atoms with E-state index in [1.54, 1.807) is 6.20 Å². The minimum atomic E-state index is -0.672. The fourth-order valence-corrected chi connectivity index (χ4v) is 2.29. The molecule has 0 bridgehead atoms. The van der Waals surface area contributed by atoms with Crippen LogP contribution < -0.4 is 0 Å². The Labute approximate surface area is 102 Å². The summed E-state index contributed by atoms with van der Waals surface area (Å²) in [5.41, 5.74) is -0.672. The molecule has 4 heteroatoms. The molecule has 1 saturated heterocycles. The maximum Gasteiger partial charge on any atom is 0.229 e. The molecular formula is C13H20N2O2. The summed E-state index contributed by atoms with van der Waals surface area (Å²) in [5, 5.41) is 0. The smallest absolute Gasteiger partial charge is 0.229 e. The molecule has 0 saturated carbocycles. The van der Waals surface area contributed by atoms with E-state index in [0.717, 1.165) is 32.2 Å². The molecular weight excluding hydrogens is 216 g/mol. The minimum Gasteiger partial charge on any atom is -0.367 e. The number of ether oxygens (including phenoxy) is 1. The third-order valence-corrected chi connectivity index (χ3v) is 3.33. The molecule has 1 unspecified atom stereocenters. The number of hydrogen-bond donors (Lipinski definition) is 0. The van der Waals surface area contributed by atoms with Crippen LogP contribution in [0.25, 0.3) is 0 Å². The number of Topliss-reactive ketones (excluding diaryl/α,β-unsaturated/α-hetero) is 1. The van der Waals surface area contributed by atoms with Crippen molar-refractivity contribution in [2.45, 2.75) is 51.7 Å². The zero-order valence-corrected chi connectivity index (χ0v) is 10.6. The molecule has 17 heavy (non-hydrogen) atoms. The van der Waals surface area contributed by atoms with Crippen molar-refractivity contribution in [3.8, 4) is 0 Å². The molecule has 2 rings (SSSR count). The van der Waals surface area contributed by atoms with Crippen molar-refractivity contribution in [2.75, 3.05) is 6.61 Å². The molecule has 0 spiro atoms. The summed E-state index contributed by atoms with van der Waals surface area (Å²) in [5.74, 6) is 0.562. The standard InChI is InChI=1S/C13H20N2O2/c1-3-8-15-9-7-14-12(15)11(16)13(2)6-4-5-10-17-13/h7,9H,3-6,8,10H2,1-2H3. The molecule has 1 aliphatic rings. The molecule has 94 valence electrons. The van der Waals surface area contributed by atoms with Crippen molar-refractivity contribution in [3.05, 3.63) is 18.2 Å². The first-order valence-electron chi connectivity index (χ1n) is 6.37. The zero-order chi connectivity index (χ0) is 12.3. The SMILES string of the molecule is CCCn1ccnc1C(=O)C1(C)CCCCO1. The molecule has 0 aromatic carbocycles. The first-order valence-corrected chi connectivity index (χ1v) is 6.37. The number of aromatic nitrogens is 2. The number of imidazole rings is 1. The molecule has 0 aliphatic carbocycles. The van der Waals surface area contributed by atoms with Crippen molar-refractivity contribution in [1.29, 1.82) is 0 Å². The molecule has 0 amide bonds. The van der Waals surface area contributed by atoms with Gasteiger partial charge in [0.1, 0.15) is 5.60 Å². The lowest BCUT2D eigenvalue weighted by Crippen LogP contribution is -2.42. The summed E-state index contributed by atoms with van der Waals surface area (Å²) in [6, 6.07) is 0. The lowest BCUT2D eigenvalue weighted by molar-refractivity contribution is -0.0434. The van der Waals surface area contributed by atoms with Crippen molar-refractivity contribution in [2.24, 2.45) is 0 Å². The van der Waals surface area contributed by atoms with E-state index < -0.39 is 5.60 Å². The highest BCUT2D eigenvalue weighted by Crippen LogP contribution is 2.27. The fourth-order valence-electron chi connectivity index (χ4n) is 2.29. The molecule has 2 heterocycles. The van der Waals surface area contributed by atoms with Gasteiger partial charge in [0, 0.05) is 25.5 Å². The van der Waals surface area contributed by atoms with Gasteiger partial charge in [0.05, 0.1) is 0 Å². The molecule has 1 atom stereocenters. The van der Waals surface area contributed by atoms with Crippen molar-refractivity contribution < 1.29 is 9.53 Å². The Balaban J connectivity index is 2.20. The van der Waals surface area contributed by atoms with Crippen LogP contribution in [0.5, 0.6) is 0 Å². The van der Waals surface area contributed by atoms with E-state index in [1.807, 2.05) is 17.7 Å². The van der Waals surface area contributed by atoms with Crippen LogP contribution in [0, 0.1) is 0 Å². The quantitative estimate of drug-likeness (QED) is 0.754. The first kappa shape index (κ1) is 12.3. The van der Waals surface area contributed by atoms with E-state index in [9.17, 15) is 4.79 Å². The summed E-state index contributed by atoms with van der Waals surface area (Å²) in [7, 11) is 0. The fraction of sp³-hybridized carbons (Fsp3) is 0.692. The molecule has 0 radical (unpaired) electrons. The highest BCUT2D eigenvalue weighted by Gasteiger charge is 2.38. The Morgan fingerprint density at radius 3 is 3.06 bits per heavy atom. The van der Waals surface area contributed by atoms with Crippen molar-refractivity contribution in [1.82, 2.24) is 9.55 Å². The maximum absolute atomic E-state index is 12.5. The highest BCUT2D eigenvalue weighted by atomic mass is 16.5. The lowest BCUT2D eigenvalue weighted by Gasteiger charge is -2.32. The third-order valence-electron chi connectivity index (χ3n) is 3.33. The number of nitrogens with zero attached hydrogens (tertiary/aromatic N) is 2. The van der Waals surface area contributed by atoms with Crippen LogP contribution in [0.3, 0.4) is 0 Å². The number of aryl methyl sites for hydroxylation is 1. The topological polar surface area (TPSA) is 44.1 Å². The summed E-state index contributed by atoms with van der Waals surface area (Å²) >= 11 is 0. The van der Waals surface area contributed by atoms with E-state index in [1.165, 1.54) is 0 Å². The van der Waals surface area contributed by atoms with Gasteiger partial charge >= 0.3 is 0 Å². The van der Waals surface area contributed by atoms with Gasteiger partial charge in [-0.15, -0.1) is 0 Å². The van der Waals surface area contributed by atoms with Gasteiger partial charge in [-0.3, -0.25) is 4.79 Å². The van der Waals surface area contributed by atoms with E-state index in [2.05, 4.69) is 11.9 Å². The van der Waals surface area contributed by atoms with Crippen molar-refractivity contribution >= 4 is 5.78 Å². The summed E-state index contributed by atoms with van der Waals surface area (Å²) in [4.78, 5) is 16.7. The summed E-state index contributed by atoms with van der Waals surface area (Å²) in [6.45, 7) is 5.49. The second-order valence-electron chi connectivity index (χ2n) is 4.81. The number of carbonyl (C=O) groups excluding carboxylic acids is 1. The average molecular weight is 236 g/mol.